The molecule has 3 rings (SSSR count). The maximum Gasteiger partial charge on any atom is 0.0492 e. The summed E-state index contributed by atoms with van der Waals surface area (Å²) < 4.78 is 0. The van der Waals surface area contributed by atoms with E-state index in [4.69, 9.17) is 0 Å². The summed E-state index contributed by atoms with van der Waals surface area (Å²) in [5.74, 6) is 1.26. The lowest BCUT2D eigenvalue weighted by Crippen LogP contribution is -2.07. The summed E-state index contributed by atoms with van der Waals surface area (Å²) in [5.41, 5.74) is 4.26. The molecule has 0 spiro atoms. The number of para-hydroxylation sites is 1. The lowest BCUT2D eigenvalue weighted by Gasteiger charge is -2.09. The predicted molar refractivity (Wildman–Crippen MR) is 72.6 cm³/mol. The fourth-order valence-corrected chi connectivity index (χ4v) is 2.94. The third-order valence-electron chi connectivity index (χ3n) is 3.90. The topological polar surface area (TPSA) is 27.8 Å². The molecule has 0 amide bonds. The van der Waals surface area contributed by atoms with Gasteiger partial charge in [0.15, 0.2) is 0 Å². The Hall–Kier alpha value is -1.28. The summed E-state index contributed by atoms with van der Waals surface area (Å²) in [7, 11) is 0. The summed E-state index contributed by atoms with van der Waals surface area (Å²) >= 11 is 0. The molecule has 0 aliphatic carbocycles. The van der Waals surface area contributed by atoms with Crippen molar-refractivity contribution in [3.8, 4) is 0 Å². The third-order valence-corrected chi connectivity index (χ3v) is 3.90. The van der Waals surface area contributed by atoms with E-state index in [9.17, 15) is 0 Å². The molecule has 1 saturated heterocycles. The van der Waals surface area contributed by atoms with E-state index >= 15 is 0 Å². The van der Waals surface area contributed by atoms with E-state index in [-0.39, 0.29) is 0 Å². The standard InChI is InChI=1S/C15H20N2/c1-10(2)12-4-3-5-13-14(9-17-15(12)13)11-6-7-16-8-11/h3-5,9-11,16-17H,6-8H2,1-2H3. The number of rotatable bonds is 2. The number of aromatic nitrogens is 1. The highest BCUT2D eigenvalue weighted by Crippen LogP contribution is 2.32. The molecular formula is C15H20N2. The second-order valence-corrected chi connectivity index (χ2v) is 5.36. The van der Waals surface area contributed by atoms with Gasteiger partial charge in [0.1, 0.15) is 0 Å². The number of hydrogen-bond acceptors (Lipinski definition) is 1. The molecule has 0 radical (unpaired) electrons. The highest BCUT2D eigenvalue weighted by Gasteiger charge is 2.20. The molecular weight excluding hydrogens is 208 g/mol. The first-order valence-electron chi connectivity index (χ1n) is 6.58. The van der Waals surface area contributed by atoms with Crippen molar-refractivity contribution in [3.63, 3.8) is 0 Å². The first kappa shape index (κ1) is 10.8. The smallest absolute Gasteiger partial charge is 0.0492 e. The van der Waals surface area contributed by atoms with Gasteiger partial charge in [-0.15, -0.1) is 0 Å². The lowest BCUT2D eigenvalue weighted by molar-refractivity contribution is 0.769. The average molecular weight is 228 g/mol. The van der Waals surface area contributed by atoms with Crippen molar-refractivity contribution in [2.24, 2.45) is 0 Å². The van der Waals surface area contributed by atoms with Crippen LogP contribution in [-0.2, 0) is 0 Å². The fraction of sp³-hybridized carbons (Fsp3) is 0.467. The average Bonchev–Trinajstić information content (AvgIpc) is 2.96. The number of hydrogen-bond donors (Lipinski definition) is 2. The molecule has 1 aromatic carbocycles. The van der Waals surface area contributed by atoms with E-state index in [1.165, 1.54) is 28.5 Å². The molecule has 2 aromatic rings. The summed E-state index contributed by atoms with van der Waals surface area (Å²) in [6, 6.07) is 6.68. The maximum atomic E-state index is 3.49. The summed E-state index contributed by atoms with van der Waals surface area (Å²) in [6.45, 7) is 6.79. The Labute approximate surface area is 102 Å². The van der Waals surface area contributed by atoms with Crippen LogP contribution in [-0.4, -0.2) is 18.1 Å². The molecule has 0 saturated carbocycles. The zero-order chi connectivity index (χ0) is 11.8. The largest absolute Gasteiger partial charge is 0.361 e. The molecule has 1 fully saturated rings. The summed E-state index contributed by atoms with van der Waals surface area (Å²) in [5, 5.41) is 4.87. The maximum absolute atomic E-state index is 3.49. The van der Waals surface area contributed by atoms with Crippen molar-refractivity contribution in [3.05, 3.63) is 35.5 Å². The Morgan fingerprint density at radius 1 is 1.29 bits per heavy atom. The minimum atomic E-state index is 0.576. The molecule has 0 bridgehead atoms. The summed E-state index contributed by atoms with van der Waals surface area (Å²) in [6.07, 6.45) is 3.48. The number of benzene rings is 1. The quantitative estimate of drug-likeness (QED) is 0.810. The van der Waals surface area contributed by atoms with Crippen LogP contribution in [0, 0.1) is 0 Å². The Morgan fingerprint density at radius 3 is 2.88 bits per heavy atom. The molecule has 1 atom stereocenters. The second kappa shape index (κ2) is 4.19. The van der Waals surface area contributed by atoms with Gasteiger partial charge in [0.25, 0.3) is 0 Å². The van der Waals surface area contributed by atoms with Crippen LogP contribution < -0.4 is 5.32 Å². The van der Waals surface area contributed by atoms with E-state index < -0.39 is 0 Å². The third kappa shape index (κ3) is 1.77. The minimum absolute atomic E-state index is 0.576. The van der Waals surface area contributed by atoms with Gasteiger partial charge in [-0.05, 0) is 35.9 Å². The minimum Gasteiger partial charge on any atom is -0.361 e. The molecule has 90 valence electrons. The molecule has 2 heterocycles. The van der Waals surface area contributed by atoms with Gasteiger partial charge in [0, 0.05) is 23.6 Å². The SMILES string of the molecule is CC(C)c1cccc2c(C3CCNC3)c[nH]c12. The Morgan fingerprint density at radius 2 is 2.18 bits per heavy atom. The van der Waals surface area contributed by atoms with Gasteiger partial charge in [-0.1, -0.05) is 32.0 Å². The highest BCUT2D eigenvalue weighted by molar-refractivity contribution is 5.87. The van der Waals surface area contributed by atoms with Crippen molar-refractivity contribution in [1.29, 1.82) is 0 Å². The summed E-state index contributed by atoms with van der Waals surface area (Å²) in [4.78, 5) is 3.49. The molecule has 17 heavy (non-hydrogen) atoms. The van der Waals surface area contributed by atoms with Crippen LogP contribution in [0.25, 0.3) is 10.9 Å². The van der Waals surface area contributed by atoms with Crippen LogP contribution in [0.15, 0.2) is 24.4 Å². The zero-order valence-corrected chi connectivity index (χ0v) is 10.6. The van der Waals surface area contributed by atoms with E-state index in [1.54, 1.807) is 0 Å². The van der Waals surface area contributed by atoms with E-state index in [2.05, 4.69) is 48.5 Å². The first-order valence-corrected chi connectivity index (χ1v) is 6.58. The van der Waals surface area contributed by atoms with E-state index in [0.29, 0.717) is 11.8 Å². The molecule has 1 aliphatic rings. The van der Waals surface area contributed by atoms with Crippen molar-refractivity contribution < 1.29 is 0 Å². The lowest BCUT2D eigenvalue weighted by atomic mass is 9.94. The van der Waals surface area contributed by atoms with Crippen LogP contribution in [0.5, 0.6) is 0 Å². The molecule has 2 N–H and O–H groups in total. The van der Waals surface area contributed by atoms with E-state index in [1.807, 2.05) is 0 Å². The molecule has 2 heteroatoms. The van der Waals surface area contributed by atoms with Crippen LogP contribution in [0.1, 0.15) is 43.2 Å². The van der Waals surface area contributed by atoms with Gasteiger partial charge in [0.05, 0.1) is 0 Å². The molecule has 1 aliphatic heterocycles. The van der Waals surface area contributed by atoms with Gasteiger partial charge < -0.3 is 10.3 Å². The number of fused-ring (bicyclic) bond motifs is 1. The van der Waals surface area contributed by atoms with Crippen molar-refractivity contribution in [2.45, 2.75) is 32.1 Å². The van der Waals surface area contributed by atoms with Gasteiger partial charge in [-0.3, -0.25) is 0 Å². The zero-order valence-electron chi connectivity index (χ0n) is 10.6. The van der Waals surface area contributed by atoms with Crippen molar-refractivity contribution in [2.75, 3.05) is 13.1 Å². The Balaban J connectivity index is 2.12. The molecule has 1 aromatic heterocycles. The Bertz CT molecular complexity index is 519. The van der Waals surface area contributed by atoms with Crippen LogP contribution in [0.3, 0.4) is 0 Å². The van der Waals surface area contributed by atoms with Gasteiger partial charge in [0.2, 0.25) is 0 Å². The Kier molecular flexibility index (Phi) is 2.67. The second-order valence-electron chi connectivity index (χ2n) is 5.36. The number of nitrogens with one attached hydrogen (secondary N) is 2. The van der Waals surface area contributed by atoms with Crippen LogP contribution in [0.4, 0.5) is 0 Å². The van der Waals surface area contributed by atoms with Crippen LogP contribution >= 0.6 is 0 Å². The monoisotopic (exact) mass is 228 g/mol. The van der Waals surface area contributed by atoms with Crippen molar-refractivity contribution >= 4 is 10.9 Å². The van der Waals surface area contributed by atoms with Crippen molar-refractivity contribution in [1.82, 2.24) is 10.3 Å². The fourth-order valence-electron chi connectivity index (χ4n) is 2.94. The highest BCUT2D eigenvalue weighted by atomic mass is 14.9. The number of aromatic amines is 1. The number of H-pyrrole nitrogens is 1. The van der Waals surface area contributed by atoms with Gasteiger partial charge >= 0.3 is 0 Å². The molecule has 2 nitrogen and oxygen atoms in total. The predicted octanol–water partition coefficient (Wildman–Crippen LogP) is 3.37. The van der Waals surface area contributed by atoms with Gasteiger partial charge in [-0.2, -0.15) is 0 Å². The van der Waals surface area contributed by atoms with Gasteiger partial charge in [-0.25, -0.2) is 0 Å². The normalized spacial score (nSPS) is 20.5. The molecule has 1 unspecified atom stereocenters. The van der Waals surface area contributed by atoms with E-state index in [0.717, 1.165) is 13.1 Å². The van der Waals surface area contributed by atoms with Crippen LogP contribution in [0.2, 0.25) is 0 Å². The first-order chi connectivity index (χ1) is 8.27.